The average Bonchev–Trinajstić information content (AvgIpc) is 1.65. The summed E-state index contributed by atoms with van der Waals surface area (Å²) in [6.45, 7) is 25.9. The summed E-state index contributed by atoms with van der Waals surface area (Å²) in [6.07, 6.45) is 0.635. The van der Waals surface area contributed by atoms with Crippen molar-refractivity contribution in [2.24, 2.45) is 0 Å². The summed E-state index contributed by atoms with van der Waals surface area (Å²) in [5.74, 6) is -0.798. The third kappa shape index (κ3) is 13.2. The molecule has 6 aromatic rings. The number of carbonyl (C=O) groups excluding carboxylic acids is 4. The molecule has 6 aliphatic rings. The fourth-order valence-corrected chi connectivity index (χ4v) is 14.7. The van der Waals surface area contributed by atoms with Crippen LogP contribution in [-0.2, 0) is 33.3 Å². The molecule has 6 aliphatic heterocycles. The van der Waals surface area contributed by atoms with Crippen LogP contribution in [0, 0.1) is 11.6 Å². The molecule has 0 saturated carbocycles. The molecule has 4 fully saturated rings. The van der Waals surface area contributed by atoms with E-state index in [1.165, 1.54) is 24.3 Å². The van der Waals surface area contributed by atoms with Gasteiger partial charge in [-0.2, -0.15) is 0 Å². The molecule has 0 aliphatic carbocycles. The van der Waals surface area contributed by atoms with E-state index in [0.717, 1.165) is 46.4 Å². The number of nitrogens with zero attached hydrogens (tertiary/aromatic N) is 8. The molecular formula is C70H86F2N12O6. The number of pyridine rings is 2. The lowest BCUT2D eigenvalue weighted by Crippen LogP contribution is -2.63. The number of carbonyl (C=O) groups is 4. The molecule has 20 heteroatoms. The number of piperazine rings is 4. The van der Waals surface area contributed by atoms with E-state index in [9.17, 15) is 37.5 Å². The van der Waals surface area contributed by atoms with Crippen molar-refractivity contribution >= 4 is 45.8 Å². The van der Waals surface area contributed by atoms with Crippen LogP contribution in [0.2, 0.25) is 0 Å². The molecule has 4 N–H and O–H groups in total. The summed E-state index contributed by atoms with van der Waals surface area (Å²) in [6, 6.07) is 28.0. The highest BCUT2D eigenvalue weighted by Crippen LogP contribution is 2.41. The minimum absolute atomic E-state index is 0.0270. The van der Waals surface area contributed by atoms with Gasteiger partial charge in [-0.1, -0.05) is 64.1 Å². The number of halogens is 2. The van der Waals surface area contributed by atoms with Crippen LogP contribution in [0.25, 0.3) is 10.8 Å². The minimum atomic E-state index is -0.458. The number of hydrogen-bond donors (Lipinski definition) is 4. The number of aromatic amines is 2. The van der Waals surface area contributed by atoms with Crippen LogP contribution in [-0.4, -0.2) is 204 Å². The summed E-state index contributed by atoms with van der Waals surface area (Å²) in [5, 5.41) is 9.04. The van der Waals surface area contributed by atoms with Crippen molar-refractivity contribution in [3.05, 3.63) is 174 Å². The molecule has 18 nitrogen and oxygen atoms in total. The zero-order valence-corrected chi connectivity index (χ0v) is 53.2. The van der Waals surface area contributed by atoms with E-state index in [1.807, 2.05) is 95.8 Å². The van der Waals surface area contributed by atoms with Crippen LogP contribution in [0.5, 0.6) is 0 Å². The second kappa shape index (κ2) is 25.3. The summed E-state index contributed by atoms with van der Waals surface area (Å²) in [4.78, 5) is 107. The van der Waals surface area contributed by atoms with Gasteiger partial charge in [0.2, 0.25) is 11.8 Å². The van der Waals surface area contributed by atoms with Crippen LogP contribution in [0.4, 0.5) is 20.2 Å². The molecule has 0 bridgehead atoms. The summed E-state index contributed by atoms with van der Waals surface area (Å²) in [7, 11) is 0. The number of anilines is 2. The van der Waals surface area contributed by atoms with E-state index in [4.69, 9.17) is 0 Å². The second-order valence-electron chi connectivity index (χ2n) is 27.9. The monoisotopic (exact) mass is 1230 g/mol. The molecule has 90 heavy (non-hydrogen) atoms. The van der Waals surface area contributed by atoms with Crippen LogP contribution in [0.3, 0.4) is 0 Å². The third-order valence-electron chi connectivity index (χ3n) is 19.9. The molecule has 0 unspecified atom stereocenters. The Labute approximate surface area is 525 Å². The zero-order valence-electron chi connectivity index (χ0n) is 53.2. The van der Waals surface area contributed by atoms with Crippen LogP contribution in [0.15, 0.2) is 107 Å². The maximum atomic E-state index is 14.5. The standard InChI is InChI=1S/C70H86F2N12O6/c1-43-33-81(39-61(85)83-41-69(5,6)63-59(83)29-53(65(87)75-63)25-47-9-17-55(71)18-10-47)57(31-73-43)37-77-21-23-79(35-45(77)3)67(89)51-15-13-50-28-52(16-14-49(50)27-51)68(90)80-24-22-78(46(4)36-80)38-58-32-74-44(2)34-82(58)40-62(86)84-42-70(7,8)64-60(84)30-54(66(88)76-64)26-48-11-19-56(72)20-12-48/h9-20,27-30,43-46,57-58,73-74H,21-26,31-42H2,1-8H3,(H,75,87)(H,76,88)/t43-,44-,45-,46-,57-,58-/m1/s1. The molecule has 0 radical (unpaired) electrons. The lowest BCUT2D eigenvalue weighted by atomic mass is 9.91. The number of hydrogen-bond acceptors (Lipinski definition) is 12. The smallest absolute Gasteiger partial charge is 0.253 e. The minimum Gasteiger partial charge on any atom is -0.336 e. The predicted molar refractivity (Wildman–Crippen MR) is 347 cm³/mol. The van der Waals surface area contributed by atoms with Gasteiger partial charge in [-0.05, 0) is 110 Å². The first-order chi connectivity index (χ1) is 42.9. The van der Waals surface area contributed by atoms with E-state index in [-0.39, 0.29) is 95.7 Å². The van der Waals surface area contributed by atoms with Gasteiger partial charge >= 0.3 is 0 Å². The molecule has 4 aromatic carbocycles. The summed E-state index contributed by atoms with van der Waals surface area (Å²) >= 11 is 0. The molecule has 4 saturated heterocycles. The normalized spacial score (nSPS) is 23.9. The van der Waals surface area contributed by atoms with Gasteiger partial charge in [-0.3, -0.25) is 48.4 Å². The molecule has 12 rings (SSSR count). The van der Waals surface area contributed by atoms with Gasteiger partial charge in [0, 0.05) is 185 Å². The van der Waals surface area contributed by atoms with Crippen molar-refractivity contribution in [3.63, 3.8) is 0 Å². The van der Waals surface area contributed by atoms with Crippen molar-refractivity contribution in [1.29, 1.82) is 0 Å². The fraction of sp³-hybridized carbons (Fsp3) is 0.486. The number of aromatic nitrogens is 2. The van der Waals surface area contributed by atoms with Gasteiger partial charge in [0.05, 0.1) is 24.5 Å². The molecule has 6 atom stereocenters. The SMILES string of the molecule is C[C@@H]1CN(CC(=O)N2CC(C)(C)c3[nH]c(=O)c(Cc4ccc(F)cc4)cc32)[C@@H](CN2CCN(C(=O)c3ccc4cc(C(=O)N5CCN(C[C@H]6CN[C@H](C)CN6CC(=O)N6CC(C)(C)c7[nH]c(=O)c(Cc8ccc(F)cc8)cc76)[C@H](C)C5)ccc4c3)C[C@H]2C)CN1. The average molecular weight is 1230 g/mol. The highest BCUT2D eigenvalue weighted by molar-refractivity contribution is 6.02. The number of rotatable bonds is 14. The first-order valence-electron chi connectivity index (χ1n) is 32.1. The highest BCUT2D eigenvalue weighted by atomic mass is 19.1. The summed E-state index contributed by atoms with van der Waals surface area (Å²) in [5.41, 5.74) is 5.45. The van der Waals surface area contributed by atoms with Crippen LogP contribution < -0.4 is 31.6 Å². The highest BCUT2D eigenvalue weighted by Gasteiger charge is 2.44. The Morgan fingerprint density at radius 3 is 1.27 bits per heavy atom. The van der Waals surface area contributed by atoms with Crippen LogP contribution >= 0.6 is 0 Å². The maximum Gasteiger partial charge on any atom is 0.253 e. The lowest BCUT2D eigenvalue weighted by molar-refractivity contribution is -0.121. The third-order valence-corrected chi connectivity index (χ3v) is 19.9. The Bertz CT molecular complexity index is 3590. The second-order valence-corrected chi connectivity index (χ2v) is 27.9. The van der Waals surface area contributed by atoms with Crippen LogP contribution in [0.1, 0.15) is 110 Å². The molecule has 4 amide bonds. The fourth-order valence-electron chi connectivity index (χ4n) is 14.7. The van der Waals surface area contributed by atoms with Crippen molar-refractivity contribution in [3.8, 4) is 0 Å². The number of amides is 4. The summed E-state index contributed by atoms with van der Waals surface area (Å²) < 4.78 is 27.4. The number of benzene rings is 4. The molecule has 0 spiro atoms. The Morgan fingerprint density at radius 1 is 0.500 bits per heavy atom. The Balaban J connectivity index is 0.634. The van der Waals surface area contributed by atoms with Gasteiger partial charge < -0.3 is 40.2 Å². The molecule has 476 valence electrons. The van der Waals surface area contributed by atoms with E-state index in [0.29, 0.717) is 125 Å². The largest absolute Gasteiger partial charge is 0.336 e. The number of H-pyrrole nitrogens is 2. The van der Waals surface area contributed by atoms with Crippen molar-refractivity contribution in [2.75, 3.05) is 115 Å². The van der Waals surface area contributed by atoms with E-state index in [1.54, 1.807) is 24.3 Å². The topological polar surface area (TPSA) is 184 Å². The van der Waals surface area contributed by atoms with E-state index in [2.05, 4.69) is 67.9 Å². The lowest BCUT2D eigenvalue weighted by Gasteiger charge is -2.45. The van der Waals surface area contributed by atoms with Gasteiger partial charge in [-0.25, -0.2) is 8.78 Å². The maximum absolute atomic E-state index is 14.5. The Hall–Kier alpha value is -7.46. The first kappa shape index (κ1) is 62.7. The van der Waals surface area contributed by atoms with Gasteiger partial charge in [0.1, 0.15) is 11.6 Å². The van der Waals surface area contributed by atoms with Gasteiger partial charge in [-0.15, -0.1) is 0 Å². The van der Waals surface area contributed by atoms with Gasteiger partial charge in [0.15, 0.2) is 0 Å². The van der Waals surface area contributed by atoms with Crippen molar-refractivity contribution < 1.29 is 28.0 Å². The Morgan fingerprint density at radius 2 is 0.889 bits per heavy atom. The first-order valence-corrected chi connectivity index (χ1v) is 32.1. The number of nitrogens with one attached hydrogen (secondary N) is 4. The van der Waals surface area contributed by atoms with Gasteiger partial charge in [0.25, 0.3) is 22.9 Å². The molecular weight excluding hydrogens is 1140 g/mol. The van der Waals surface area contributed by atoms with Crippen molar-refractivity contribution in [2.45, 2.75) is 115 Å². The predicted octanol–water partition coefficient (Wildman–Crippen LogP) is 5.94. The molecule has 8 heterocycles. The van der Waals surface area contributed by atoms with E-state index >= 15 is 0 Å². The number of fused-ring (bicyclic) bond motifs is 3. The Kier molecular flexibility index (Phi) is 17.6. The quantitative estimate of drug-likeness (QED) is 0.101. The van der Waals surface area contributed by atoms with E-state index < -0.39 is 10.8 Å². The zero-order chi connectivity index (χ0) is 63.5. The van der Waals surface area contributed by atoms with Crippen molar-refractivity contribution in [1.82, 2.24) is 50.0 Å². The molecule has 2 aromatic heterocycles.